The lowest BCUT2D eigenvalue weighted by Gasteiger charge is -2.34. The maximum atomic E-state index is 11.4. The van der Waals surface area contributed by atoms with E-state index < -0.39 is 17.4 Å². The van der Waals surface area contributed by atoms with Crippen molar-refractivity contribution in [2.75, 3.05) is 45.4 Å². The van der Waals surface area contributed by atoms with Crippen LogP contribution in [-0.2, 0) is 24.5 Å². The number of carbonyl (C=O) groups is 2. The van der Waals surface area contributed by atoms with Crippen LogP contribution in [0.3, 0.4) is 0 Å². The Morgan fingerprint density at radius 2 is 1.12 bits per heavy atom. The van der Waals surface area contributed by atoms with Crippen LogP contribution in [0.2, 0.25) is 0 Å². The minimum absolute atomic E-state index is 0.128. The van der Waals surface area contributed by atoms with E-state index in [1.807, 2.05) is 24.3 Å². The Labute approximate surface area is 280 Å². The molecular weight excluding hydrogens is 602 g/mol. The molecular formula is C41H37NO6. The molecule has 5 aromatic rings. The van der Waals surface area contributed by atoms with Crippen molar-refractivity contribution in [2.24, 2.45) is 0 Å². The highest BCUT2D eigenvalue weighted by Crippen LogP contribution is 2.57. The molecule has 0 unspecified atom stereocenters. The fourth-order valence-corrected chi connectivity index (χ4v) is 6.39. The number of nitrogens with zero attached hydrogens (tertiary/aromatic N) is 1. The van der Waals surface area contributed by atoms with Gasteiger partial charge in [-0.2, -0.15) is 0 Å². The van der Waals surface area contributed by atoms with Crippen LogP contribution in [0.1, 0.15) is 22.3 Å². The third-order valence-electron chi connectivity index (χ3n) is 8.60. The Bertz CT molecular complexity index is 1910. The highest BCUT2D eigenvalue weighted by molar-refractivity contribution is 5.96. The molecule has 7 heteroatoms. The number of carbonyl (C=O) groups excluding carboxylic acids is 2. The molecule has 5 aromatic carbocycles. The van der Waals surface area contributed by atoms with Crippen LogP contribution in [0.25, 0.3) is 21.9 Å². The Balaban J connectivity index is 1.47. The predicted molar refractivity (Wildman–Crippen MR) is 189 cm³/mol. The summed E-state index contributed by atoms with van der Waals surface area (Å²) in [7, 11) is 4.10. The Kier molecular flexibility index (Phi) is 9.30. The van der Waals surface area contributed by atoms with E-state index >= 15 is 0 Å². The van der Waals surface area contributed by atoms with Gasteiger partial charge in [0.15, 0.2) is 0 Å². The summed E-state index contributed by atoms with van der Waals surface area (Å²) in [5.74, 6) is 0.380. The van der Waals surface area contributed by atoms with Gasteiger partial charge in [-0.15, -0.1) is 0 Å². The molecule has 0 radical (unpaired) electrons. The average molecular weight is 640 g/mol. The lowest BCUT2D eigenvalue weighted by molar-refractivity contribution is -0.139. The highest BCUT2D eigenvalue weighted by Gasteiger charge is 2.46. The number of hydrogen-bond acceptors (Lipinski definition) is 7. The average Bonchev–Trinajstić information content (AvgIpc) is 3.40. The van der Waals surface area contributed by atoms with E-state index in [1.54, 1.807) is 0 Å². The summed E-state index contributed by atoms with van der Waals surface area (Å²) in [6.07, 6.45) is 2.27. The number of ether oxygens (including phenoxy) is 4. The Morgan fingerprint density at radius 1 is 0.625 bits per heavy atom. The molecule has 0 atom stereocenters. The summed E-state index contributed by atoms with van der Waals surface area (Å²) in [5, 5.41) is 2.33. The van der Waals surface area contributed by atoms with Gasteiger partial charge >= 0.3 is 11.9 Å². The molecule has 0 heterocycles. The monoisotopic (exact) mass is 639 g/mol. The van der Waals surface area contributed by atoms with Crippen LogP contribution < -0.4 is 14.4 Å². The number of fused-ring (bicyclic) bond motifs is 4. The SMILES string of the molecule is C=CC(=O)OCCOc1ccc(C2(c3ccc(OCCOC(=O)C=C)cc3)c3cc(N(C)C)ccc3-c3cc4ccccc4cc32)cc1. The number of rotatable bonds is 13. The van der Waals surface area contributed by atoms with Crippen LogP contribution in [0.4, 0.5) is 5.69 Å². The molecule has 1 aliphatic carbocycles. The number of anilines is 1. The van der Waals surface area contributed by atoms with Gasteiger partial charge in [-0.3, -0.25) is 0 Å². The van der Waals surface area contributed by atoms with Gasteiger partial charge in [-0.1, -0.05) is 67.8 Å². The Hall–Kier alpha value is -5.82. The highest BCUT2D eigenvalue weighted by atomic mass is 16.6. The van der Waals surface area contributed by atoms with Crippen LogP contribution in [0.5, 0.6) is 11.5 Å². The summed E-state index contributed by atoms with van der Waals surface area (Å²) in [5.41, 5.74) is 7.29. The molecule has 0 bridgehead atoms. The molecule has 0 aromatic heterocycles. The summed E-state index contributed by atoms with van der Waals surface area (Å²) < 4.78 is 22.0. The largest absolute Gasteiger partial charge is 0.490 e. The summed E-state index contributed by atoms with van der Waals surface area (Å²) in [6, 6.07) is 36.0. The molecule has 0 amide bonds. The Morgan fingerprint density at radius 3 is 1.62 bits per heavy atom. The second-order valence-electron chi connectivity index (χ2n) is 11.6. The zero-order chi connectivity index (χ0) is 33.7. The molecule has 48 heavy (non-hydrogen) atoms. The van der Waals surface area contributed by atoms with Crippen molar-refractivity contribution in [3.05, 3.63) is 151 Å². The van der Waals surface area contributed by atoms with Gasteiger partial charge in [-0.25, -0.2) is 9.59 Å². The van der Waals surface area contributed by atoms with E-state index in [4.69, 9.17) is 18.9 Å². The van der Waals surface area contributed by atoms with Crippen LogP contribution in [-0.4, -0.2) is 52.5 Å². The van der Waals surface area contributed by atoms with Gasteiger partial charge in [0, 0.05) is 31.9 Å². The van der Waals surface area contributed by atoms with Gasteiger partial charge in [-0.05, 0) is 92.7 Å². The molecule has 0 saturated carbocycles. The first-order valence-corrected chi connectivity index (χ1v) is 15.8. The summed E-state index contributed by atoms with van der Waals surface area (Å²) >= 11 is 0. The second kappa shape index (κ2) is 13.9. The standard InChI is InChI=1S/C41H37NO6/c1-5-39(43)47-23-21-45-33-16-11-30(12-17-33)41(31-13-18-34(19-14-31)46-22-24-48-40(44)6-2)37-26-29-10-8-7-9-28(29)25-36(37)35-20-15-32(42(3)4)27-38(35)41/h5-20,25-27H,1-2,21-24H2,3-4H3. The molecule has 242 valence electrons. The normalized spacial score (nSPS) is 12.4. The van der Waals surface area contributed by atoms with E-state index in [0.717, 1.165) is 34.4 Å². The zero-order valence-electron chi connectivity index (χ0n) is 27.1. The number of benzene rings is 5. The smallest absolute Gasteiger partial charge is 0.330 e. The van der Waals surface area contributed by atoms with Gasteiger partial charge in [0.2, 0.25) is 0 Å². The number of esters is 2. The maximum Gasteiger partial charge on any atom is 0.330 e. The van der Waals surface area contributed by atoms with E-state index in [1.165, 1.54) is 27.6 Å². The maximum absolute atomic E-state index is 11.4. The summed E-state index contributed by atoms with van der Waals surface area (Å²) in [6.45, 7) is 7.56. The van der Waals surface area contributed by atoms with Gasteiger partial charge < -0.3 is 23.8 Å². The molecule has 0 fully saturated rings. The van der Waals surface area contributed by atoms with Crippen molar-refractivity contribution < 1.29 is 28.5 Å². The molecule has 1 aliphatic rings. The second-order valence-corrected chi connectivity index (χ2v) is 11.6. The molecule has 0 aliphatic heterocycles. The van der Waals surface area contributed by atoms with E-state index in [2.05, 4.69) is 111 Å². The van der Waals surface area contributed by atoms with E-state index in [0.29, 0.717) is 11.5 Å². The first-order valence-electron chi connectivity index (χ1n) is 15.8. The lowest BCUT2D eigenvalue weighted by Crippen LogP contribution is -2.29. The quantitative estimate of drug-likeness (QED) is 0.0737. The fraction of sp³-hybridized carbons (Fsp3) is 0.171. The summed E-state index contributed by atoms with van der Waals surface area (Å²) in [4.78, 5) is 25.0. The molecule has 0 saturated heterocycles. The lowest BCUT2D eigenvalue weighted by atomic mass is 9.67. The van der Waals surface area contributed by atoms with Crippen molar-refractivity contribution >= 4 is 28.4 Å². The van der Waals surface area contributed by atoms with Crippen molar-refractivity contribution in [1.82, 2.24) is 0 Å². The number of hydrogen-bond donors (Lipinski definition) is 0. The van der Waals surface area contributed by atoms with Gasteiger partial charge in [0.1, 0.15) is 37.9 Å². The van der Waals surface area contributed by atoms with Crippen molar-refractivity contribution in [1.29, 1.82) is 0 Å². The van der Waals surface area contributed by atoms with Crippen LogP contribution in [0, 0.1) is 0 Å². The topological polar surface area (TPSA) is 74.3 Å². The third-order valence-corrected chi connectivity index (χ3v) is 8.60. The van der Waals surface area contributed by atoms with Crippen molar-refractivity contribution in [3.63, 3.8) is 0 Å². The molecule has 0 spiro atoms. The van der Waals surface area contributed by atoms with Crippen LogP contribution >= 0.6 is 0 Å². The van der Waals surface area contributed by atoms with Crippen molar-refractivity contribution in [2.45, 2.75) is 5.41 Å². The first-order chi connectivity index (χ1) is 23.3. The first kappa shape index (κ1) is 32.1. The molecule has 6 rings (SSSR count). The minimum atomic E-state index is -0.670. The van der Waals surface area contributed by atoms with Gasteiger partial charge in [0.05, 0.1) is 5.41 Å². The van der Waals surface area contributed by atoms with E-state index in [-0.39, 0.29) is 26.4 Å². The fourth-order valence-electron chi connectivity index (χ4n) is 6.39. The van der Waals surface area contributed by atoms with Crippen LogP contribution in [0.15, 0.2) is 128 Å². The predicted octanol–water partition coefficient (Wildman–Crippen LogP) is 7.48. The molecule has 7 nitrogen and oxygen atoms in total. The third kappa shape index (κ3) is 6.15. The zero-order valence-corrected chi connectivity index (χ0v) is 27.1. The molecule has 0 N–H and O–H groups in total. The van der Waals surface area contributed by atoms with Crippen molar-refractivity contribution in [3.8, 4) is 22.6 Å². The minimum Gasteiger partial charge on any atom is -0.490 e. The van der Waals surface area contributed by atoms with E-state index in [9.17, 15) is 9.59 Å². The van der Waals surface area contributed by atoms with Gasteiger partial charge in [0.25, 0.3) is 0 Å².